The van der Waals surface area contributed by atoms with Crippen molar-refractivity contribution in [2.75, 3.05) is 26.8 Å². The quantitative estimate of drug-likeness (QED) is 0.833. The van der Waals surface area contributed by atoms with E-state index in [1.807, 2.05) is 12.5 Å². The Morgan fingerprint density at radius 1 is 1.53 bits per heavy atom. The zero-order valence-corrected chi connectivity index (χ0v) is 11.7. The number of hydrogen-bond acceptors (Lipinski definition) is 4. The van der Waals surface area contributed by atoms with Crippen LogP contribution < -0.4 is 5.73 Å². The van der Waals surface area contributed by atoms with Gasteiger partial charge in [0.15, 0.2) is 0 Å². The van der Waals surface area contributed by atoms with Gasteiger partial charge in [-0.1, -0.05) is 0 Å². The number of nitrogens with zero attached hydrogens (tertiary/aromatic N) is 3. The van der Waals surface area contributed by atoms with Crippen molar-refractivity contribution in [3.05, 3.63) is 18.2 Å². The summed E-state index contributed by atoms with van der Waals surface area (Å²) in [4.78, 5) is 6.72. The van der Waals surface area contributed by atoms with Gasteiger partial charge in [-0.3, -0.25) is 0 Å². The number of likely N-dealkylation sites (N-methyl/N-ethyl adjacent to an activating group) is 1. The largest absolute Gasteiger partial charge is 0.381 e. The van der Waals surface area contributed by atoms with Crippen LogP contribution in [0.25, 0.3) is 0 Å². The first-order valence-electron chi connectivity index (χ1n) is 7.29. The molecule has 0 aromatic carbocycles. The Bertz CT molecular complexity index is 409. The SMILES string of the molecule is CN(CCn1cncc1C(N)C1CCOC1)C1CC1. The molecule has 1 aliphatic carbocycles. The average Bonchev–Trinajstić information content (AvgIpc) is 2.94. The van der Waals surface area contributed by atoms with Crippen molar-refractivity contribution in [1.82, 2.24) is 14.5 Å². The fraction of sp³-hybridized carbons (Fsp3) is 0.786. The van der Waals surface area contributed by atoms with Crippen LogP contribution in [0.5, 0.6) is 0 Å². The van der Waals surface area contributed by atoms with Gasteiger partial charge in [0.05, 0.1) is 24.7 Å². The summed E-state index contributed by atoms with van der Waals surface area (Å²) in [5.74, 6) is 0.441. The molecule has 19 heavy (non-hydrogen) atoms. The molecule has 0 radical (unpaired) electrons. The van der Waals surface area contributed by atoms with E-state index in [1.165, 1.54) is 12.8 Å². The normalized spacial score (nSPS) is 25.1. The van der Waals surface area contributed by atoms with Gasteiger partial charge in [0, 0.05) is 37.9 Å². The Balaban J connectivity index is 1.60. The maximum atomic E-state index is 6.37. The van der Waals surface area contributed by atoms with Crippen LogP contribution in [-0.2, 0) is 11.3 Å². The third-order valence-corrected chi connectivity index (χ3v) is 4.42. The Morgan fingerprint density at radius 2 is 2.37 bits per heavy atom. The van der Waals surface area contributed by atoms with E-state index in [1.54, 1.807) is 0 Å². The van der Waals surface area contributed by atoms with E-state index in [0.717, 1.165) is 44.5 Å². The first-order chi connectivity index (χ1) is 9.25. The van der Waals surface area contributed by atoms with Crippen molar-refractivity contribution < 1.29 is 4.74 Å². The van der Waals surface area contributed by atoms with Crippen LogP contribution in [0.2, 0.25) is 0 Å². The highest BCUT2D eigenvalue weighted by molar-refractivity contribution is 5.07. The monoisotopic (exact) mass is 264 g/mol. The third kappa shape index (κ3) is 2.99. The Hall–Kier alpha value is -0.910. The summed E-state index contributed by atoms with van der Waals surface area (Å²) < 4.78 is 7.65. The van der Waals surface area contributed by atoms with Gasteiger partial charge in [0.1, 0.15) is 0 Å². The lowest BCUT2D eigenvalue weighted by Crippen LogP contribution is -2.28. The molecular formula is C14H24N4O. The molecule has 1 aromatic rings. The maximum absolute atomic E-state index is 6.37. The minimum absolute atomic E-state index is 0.0521. The topological polar surface area (TPSA) is 56.3 Å². The van der Waals surface area contributed by atoms with E-state index in [9.17, 15) is 0 Å². The van der Waals surface area contributed by atoms with E-state index in [4.69, 9.17) is 10.5 Å². The lowest BCUT2D eigenvalue weighted by molar-refractivity contribution is 0.180. The molecule has 1 saturated carbocycles. The third-order valence-electron chi connectivity index (χ3n) is 4.42. The van der Waals surface area contributed by atoms with Crippen LogP contribution in [0.15, 0.2) is 12.5 Å². The fourth-order valence-electron chi connectivity index (χ4n) is 2.84. The molecule has 3 rings (SSSR count). The van der Waals surface area contributed by atoms with E-state index in [2.05, 4.69) is 21.5 Å². The first-order valence-corrected chi connectivity index (χ1v) is 7.29. The van der Waals surface area contributed by atoms with Crippen LogP contribution in [0.3, 0.4) is 0 Å². The van der Waals surface area contributed by atoms with Gasteiger partial charge in [0.2, 0.25) is 0 Å². The van der Waals surface area contributed by atoms with E-state index in [0.29, 0.717) is 5.92 Å². The fourth-order valence-corrected chi connectivity index (χ4v) is 2.84. The standard InChI is InChI=1S/C14H24N4O/c1-17(12-2-3-12)5-6-18-10-16-8-13(18)14(15)11-4-7-19-9-11/h8,10-12,14H,2-7,9,15H2,1H3. The smallest absolute Gasteiger partial charge is 0.0949 e. The highest BCUT2D eigenvalue weighted by atomic mass is 16.5. The Morgan fingerprint density at radius 3 is 3.05 bits per heavy atom. The molecule has 2 fully saturated rings. The van der Waals surface area contributed by atoms with Gasteiger partial charge in [-0.15, -0.1) is 0 Å². The molecule has 2 atom stereocenters. The van der Waals surface area contributed by atoms with Gasteiger partial charge in [-0.2, -0.15) is 0 Å². The lowest BCUT2D eigenvalue weighted by atomic mass is 9.97. The van der Waals surface area contributed by atoms with Crippen LogP contribution in [0.4, 0.5) is 0 Å². The number of aromatic nitrogens is 2. The van der Waals surface area contributed by atoms with E-state index < -0.39 is 0 Å². The number of ether oxygens (including phenoxy) is 1. The molecular weight excluding hydrogens is 240 g/mol. The summed E-state index contributed by atoms with van der Waals surface area (Å²) in [5.41, 5.74) is 7.52. The molecule has 1 aliphatic heterocycles. The Kier molecular flexibility index (Phi) is 3.86. The van der Waals surface area contributed by atoms with E-state index in [-0.39, 0.29) is 6.04 Å². The second-order valence-electron chi connectivity index (χ2n) is 5.87. The summed E-state index contributed by atoms with van der Waals surface area (Å²) >= 11 is 0. The second kappa shape index (κ2) is 5.61. The summed E-state index contributed by atoms with van der Waals surface area (Å²) in [6.07, 6.45) is 7.60. The summed E-state index contributed by atoms with van der Waals surface area (Å²) in [7, 11) is 2.21. The maximum Gasteiger partial charge on any atom is 0.0949 e. The van der Waals surface area contributed by atoms with E-state index >= 15 is 0 Å². The van der Waals surface area contributed by atoms with Crippen LogP contribution >= 0.6 is 0 Å². The molecule has 5 heteroatoms. The summed E-state index contributed by atoms with van der Waals surface area (Å²) in [6.45, 7) is 3.68. The molecule has 2 aliphatic rings. The molecule has 2 unspecified atom stereocenters. The highest BCUT2D eigenvalue weighted by Crippen LogP contribution is 2.27. The molecule has 0 spiro atoms. The van der Waals surface area contributed by atoms with Crippen molar-refractivity contribution in [1.29, 1.82) is 0 Å². The van der Waals surface area contributed by atoms with Crippen LogP contribution in [0, 0.1) is 5.92 Å². The van der Waals surface area contributed by atoms with Gasteiger partial charge in [0.25, 0.3) is 0 Å². The number of nitrogens with two attached hydrogens (primary N) is 1. The van der Waals surface area contributed by atoms with Gasteiger partial charge in [-0.25, -0.2) is 4.98 Å². The van der Waals surface area contributed by atoms with Crippen molar-refractivity contribution in [3.8, 4) is 0 Å². The zero-order valence-electron chi connectivity index (χ0n) is 11.7. The molecule has 1 aromatic heterocycles. The van der Waals surface area contributed by atoms with Crippen molar-refractivity contribution in [2.45, 2.75) is 37.9 Å². The molecule has 106 valence electrons. The highest BCUT2D eigenvalue weighted by Gasteiger charge is 2.28. The number of imidazole rings is 1. The molecule has 0 amide bonds. The minimum atomic E-state index is 0.0521. The molecule has 2 heterocycles. The van der Waals surface area contributed by atoms with Crippen LogP contribution in [-0.4, -0.2) is 47.3 Å². The second-order valence-corrected chi connectivity index (χ2v) is 5.87. The average molecular weight is 264 g/mol. The molecule has 2 N–H and O–H groups in total. The van der Waals surface area contributed by atoms with Crippen molar-refractivity contribution in [2.24, 2.45) is 11.7 Å². The minimum Gasteiger partial charge on any atom is -0.381 e. The Labute approximate surface area is 114 Å². The summed E-state index contributed by atoms with van der Waals surface area (Å²) in [6, 6.07) is 0.861. The predicted octanol–water partition coefficient (Wildman–Crippen LogP) is 1.01. The molecule has 0 bridgehead atoms. The van der Waals surface area contributed by atoms with Crippen molar-refractivity contribution >= 4 is 0 Å². The predicted molar refractivity (Wildman–Crippen MR) is 73.7 cm³/mol. The molecule has 5 nitrogen and oxygen atoms in total. The summed E-state index contributed by atoms with van der Waals surface area (Å²) in [5, 5.41) is 0. The van der Waals surface area contributed by atoms with Gasteiger partial charge in [-0.05, 0) is 26.3 Å². The number of rotatable bonds is 6. The lowest BCUT2D eigenvalue weighted by Gasteiger charge is -2.21. The van der Waals surface area contributed by atoms with Crippen LogP contribution in [0.1, 0.15) is 31.0 Å². The number of hydrogen-bond donors (Lipinski definition) is 1. The van der Waals surface area contributed by atoms with Gasteiger partial charge >= 0.3 is 0 Å². The zero-order chi connectivity index (χ0) is 13.2. The van der Waals surface area contributed by atoms with Gasteiger partial charge < -0.3 is 19.9 Å². The molecule has 1 saturated heterocycles. The first kappa shape index (κ1) is 13.1. The van der Waals surface area contributed by atoms with Crippen molar-refractivity contribution in [3.63, 3.8) is 0 Å².